The van der Waals surface area contributed by atoms with E-state index in [2.05, 4.69) is 20.0 Å². The van der Waals surface area contributed by atoms with E-state index in [1.54, 1.807) is 32.9 Å². The summed E-state index contributed by atoms with van der Waals surface area (Å²) in [6.07, 6.45) is 0.865. The number of aromatic nitrogens is 2. The second kappa shape index (κ2) is 8.14. The zero-order valence-electron chi connectivity index (χ0n) is 16.6. The van der Waals surface area contributed by atoms with Gasteiger partial charge in [0.05, 0.1) is 12.8 Å². The minimum atomic E-state index is -0.655. The molecule has 0 fully saturated rings. The second-order valence-electron chi connectivity index (χ2n) is 7.10. The number of nitrogens with zero attached hydrogens (tertiary/aromatic N) is 2. The fraction of sp³-hybridized carbons (Fsp3) is 0.238. The minimum Gasteiger partial charge on any atom is -0.463 e. The van der Waals surface area contributed by atoms with Crippen molar-refractivity contribution in [2.75, 3.05) is 12.4 Å². The number of fused-ring (bicyclic) bond motifs is 1. The van der Waals surface area contributed by atoms with Crippen LogP contribution >= 0.6 is 0 Å². The molecule has 2 aromatic carbocycles. The number of methoxy groups -OCH3 is 1. The van der Waals surface area contributed by atoms with Crippen molar-refractivity contribution in [3.8, 4) is 11.6 Å². The van der Waals surface area contributed by atoms with Gasteiger partial charge in [0.15, 0.2) is 0 Å². The third kappa shape index (κ3) is 4.98. The maximum absolute atomic E-state index is 12.2. The van der Waals surface area contributed by atoms with Gasteiger partial charge in [0, 0.05) is 23.0 Å². The van der Waals surface area contributed by atoms with Gasteiger partial charge in [0.1, 0.15) is 11.4 Å². The molecule has 0 saturated carbocycles. The van der Waals surface area contributed by atoms with Crippen molar-refractivity contribution < 1.29 is 23.8 Å². The molecular weight excluding hydrogens is 374 g/mol. The molecular formula is C21H21N3O5. The number of esters is 1. The lowest BCUT2D eigenvalue weighted by Crippen LogP contribution is -2.27. The highest BCUT2D eigenvalue weighted by Crippen LogP contribution is 2.34. The summed E-state index contributed by atoms with van der Waals surface area (Å²) in [6.45, 7) is 5.39. The Kier molecular flexibility index (Phi) is 5.63. The van der Waals surface area contributed by atoms with E-state index in [9.17, 15) is 9.59 Å². The first-order chi connectivity index (χ1) is 13.8. The molecule has 3 aromatic rings. The summed E-state index contributed by atoms with van der Waals surface area (Å²) in [5, 5.41) is 4.27. The third-order valence-electron chi connectivity index (χ3n) is 3.73. The topological polar surface area (TPSA) is 99.6 Å². The van der Waals surface area contributed by atoms with E-state index in [0.29, 0.717) is 11.4 Å². The molecule has 0 aliphatic rings. The highest BCUT2D eigenvalue weighted by atomic mass is 16.6. The third-order valence-corrected chi connectivity index (χ3v) is 3.73. The average Bonchev–Trinajstić information content (AvgIpc) is 2.68. The van der Waals surface area contributed by atoms with Crippen molar-refractivity contribution in [3.05, 3.63) is 54.5 Å². The fourth-order valence-electron chi connectivity index (χ4n) is 2.58. The predicted octanol–water partition coefficient (Wildman–Crippen LogP) is 4.56. The molecule has 0 radical (unpaired) electrons. The van der Waals surface area contributed by atoms with E-state index in [0.717, 1.165) is 10.8 Å². The standard InChI is InChI=1S/C21H21N3O5/c1-21(2,3)29-20(26)23-15-9-10-16(14-8-6-5-7-13(14)15)28-17-11-12-22-18(24-17)19(25)27-4/h5-12H,1-4H3,(H,23,26). The first kappa shape index (κ1) is 20.1. The number of rotatable bonds is 4. The predicted molar refractivity (Wildman–Crippen MR) is 107 cm³/mol. The van der Waals surface area contributed by atoms with Crippen LogP contribution in [-0.4, -0.2) is 34.7 Å². The van der Waals surface area contributed by atoms with Crippen molar-refractivity contribution in [3.63, 3.8) is 0 Å². The first-order valence-electron chi connectivity index (χ1n) is 8.88. The molecule has 0 aliphatic carbocycles. The Morgan fingerprint density at radius 1 is 1.00 bits per heavy atom. The molecule has 0 saturated heterocycles. The number of hydrogen-bond donors (Lipinski definition) is 1. The number of carbonyl (C=O) groups excluding carboxylic acids is 2. The van der Waals surface area contributed by atoms with Crippen LogP contribution in [0, 0.1) is 0 Å². The number of anilines is 1. The molecule has 0 unspecified atom stereocenters. The summed E-state index contributed by atoms with van der Waals surface area (Å²) < 4.78 is 15.8. The molecule has 150 valence electrons. The number of benzene rings is 2. The molecule has 1 heterocycles. The van der Waals surface area contributed by atoms with Gasteiger partial charge in [-0.1, -0.05) is 24.3 Å². The number of amides is 1. The first-order valence-corrected chi connectivity index (χ1v) is 8.88. The van der Waals surface area contributed by atoms with Gasteiger partial charge in [0.25, 0.3) is 0 Å². The van der Waals surface area contributed by atoms with E-state index in [1.165, 1.54) is 19.4 Å². The summed E-state index contributed by atoms with van der Waals surface area (Å²) in [4.78, 5) is 31.7. The molecule has 0 atom stereocenters. The number of hydrogen-bond acceptors (Lipinski definition) is 7. The number of carbonyl (C=O) groups is 2. The second-order valence-corrected chi connectivity index (χ2v) is 7.10. The highest BCUT2D eigenvalue weighted by molar-refractivity contribution is 6.02. The quantitative estimate of drug-likeness (QED) is 0.647. The molecule has 0 bridgehead atoms. The van der Waals surface area contributed by atoms with Gasteiger partial charge in [-0.2, -0.15) is 4.98 Å². The van der Waals surface area contributed by atoms with Gasteiger partial charge in [-0.15, -0.1) is 0 Å². The van der Waals surface area contributed by atoms with Crippen molar-refractivity contribution >= 4 is 28.5 Å². The van der Waals surface area contributed by atoms with E-state index >= 15 is 0 Å². The Balaban J connectivity index is 1.91. The molecule has 8 heteroatoms. The lowest BCUT2D eigenvalue weighted by atomic mass is 10.1. The Bertz CT molecular complexity index is 1060. The lowest BCUT2D eigenvalue weighted by molar-refractivity contribution is 0.0584. The maximum Gasteiger partial charge on any atom is 0.412 e. The monoisotopic (exact) mass is 395 g/mol. The van der Waals surface area contributed by atoms with Crippen LogP contribution in [0.5, 0.6) is 11.6 Å². The average molecular weight is 395 g/mol. The summed E-state index contributed by atoms with van der Waals surface area (Å²) in [5.74, 6) is -0.0574. The molecule has 1 N–H and O–H groups in total. The number of nitrogens with one attached hydrogen (secondary N) is 1. The fourth-order valence-corrected chi connectivity index (χ4v) is 2.58. The van der Waals surface area contributed by atoms with Crippen LogP contribution in [0.3, 0.4) is 0 Å². The van der Waals surface area contributed by atoms with Gasteiger partial charge < -0.3 is 14.2 Å². The smallest absolute Gasteiger partial charge is 0.412 e. The Hall–Kier alpha value is -3.68. The SMILES string of the molecule is COC(=O)c1nccc(Oc2ccc(NC(=O)OC(C)(C)C)c3ccccc23)n1. The Morgan fingerprint density at radius 2 is 1.72 bits per heavy atom. The molecule has 1 aromatic heterocycles. The lowest BCUT2D eigenvalue weighted by Gasteiger charge is -2.20. The van der Waals surface area contributed by atoms with E-state index in [4.69, 9.17) is 9.47 Å². The van der Waals surface area contributed by atoms with Crippen LogP contribution in [0.25, 0.3) is 10.8 Å². The van der Waals surface area contributed by atoms with E-state index in [-0.39, 0.29) is 11.7 Å². The largest absolute Gasteiger partial charge is 0.463 e. The highest BCUT2D eigenvalue weighted by Gasteiger charge is 2.18. The van der Waals surface area contributed by atoms with Gasteiger partial charge in [-0.05, 0) is 32.9 Å². The van der Waals surface area contributed by atoms with Gasteiger partial charge >= 0.3 is 12.1 Å². The maximum atomic E-state index is 12.2. The van der Waals surface area contributed by atoms with Crippen molar-refractivity contribution in [2.45, 2.75) is 26.4 Å². The van der Waals surface area contributed by atoms with Gasteiger partial charge in [-0.25, -0.2) is 14.6 Å². The Labute approximate surface area is 167 Å². The van der Waals surface area contributed by atoms with Crippen LogP contribution < -0.4 is 10.1 Å². The van der Waals surface area contributed by atoms with Crippen LogP contribution in [0.15, 0.2) is 48.7 Å². The molecule has 3 rings (SSSR count). The molecule has 29 heavy (non-hydrogen) atoms. The van der Waals surface area contributed by atoms with Crippen molar-refractivity contribution in [1.82, 2.24) is 9.97 Å². The van der Waals surface area contributed by atoms with Gasteiger partial charge in [0.2, 0.25) is 11.7 Å². The summed E-state index contributed by atoms with van der Waals surface area (Å²) >= 11 is 0. The van der Waals surface area contributed by atoms with Crippen molar-refractivity contribution in [1.29, 1.82) is 0 Å². The number of ether oxygens (including phenoxy) is 3. The summed E-state index contributed by atoms with van der Waals surface area (Å²) in [7, 11) is 1.25. The molecule has 1 amide bonds. The molecule has 0 spiro atoms. The molecule has 0 aliphatic heterocycles. The van der Waals surface area contributed by atoms with E-state index in [1.807, 2.05) is 24.3 Å². The van der Waals surface area contributed by atoms with E-state index < -0.39 is 17.7 Å². The Morgan fingerprint density at radius 3 is 2.41 bits per heavy atom. The van der Waals surface area contributed by atoms with Crippen LogP contribution in [0.2, 0.25) is 0 Å². The minimum absolute atomic E-state index is 0.0995. The normalized spacial score (nSPS) is 11.0. The zero-order chi connectivity index (χ0) is 21.0. The van der Waals surface area contributed by atoms with Crippen molar-refractivity contribution in [2.24, 2.45) is 0 Å². The summed E-state index contributed by atoms with van der Waals surface area (Å²) in [6, 6.07) is 12.4. The van der Waals surface area contributed by atoms with Crippen LogP contribution in [0.4, 0.5) is 10.5 Å². The zero-order valence-corrected chi connectivity index (χ0v) is 16.6. The van der Waals surface area contributed by atoms with Gasteiger partial charge in [-0.3, -0.25) is 5.32 Å². The summed E-state index contributed by atoms with van der Waals surface area (Å²) in [5.41, 5.74) is -0.0204. The van der Waals surface area contributed by atoms with Crippen LogP contribution in [0.1, 0.15) is 31.4 Å². The van der Waals surface area contributed by atoms with Crippen LogP contribution in [-0.2, 0) is 9.47 Å². The molecule has 8 nitrogen and oxygen atoms in total.